The van der Waals surface area contributed by atoms with E-state index in [0.717, 1.165) is 26.2 Å². The molecule has 0 radical (unpaired) electrons. The minimum atomic E-state index is 0.384. The zero-order chi connectivity index (χ0) is 10.9. The molecule has 0 spiro atoms. The molecule has 3 heteroatoms. The van der Waals surface area contributed by atoms with Gasteiger partial charge in [-0.3, -0.25) is 4.98 Å². The zero-order valence-electron chi connectivity index (χ0n) is 9.57. The van der Waals surface area contributed by atoms with Crippen molar-refractivity contribution < 1.29 is 4.74 Å². The van der Waals surface area contributed by atoms with Crippen LogP contribution in [0.5, 0.6) is 0 Å². The quantitative estimate of drug-likeness (QED) is 0.697. The van der Waals surface area contributed by atoms with Gasteiger partial charge in [-0.05, 0) is 44.5 Å². The Morgan fingerprint density at radius 3 is 2.80 bits per heavy atom. The molecule has 0 aliphatic rings. The molecule has 84 valence electrons. The van der Waals surface area contributed by atoms with Crippen molar-refractivity contribution in [3.63, 3.8) is 0 Å². The van der Waals surface area contributed by atoms with Crippen LogP contribution in [0.3, 0.4) is 0 Å². The van der Waals surface area contributed by atoms with E-state index in [2.05, 4.69) is 17.2 Å². The fourth-order valence-corrected chi connectivity index (χ4v) is 1.41. The summed E-state index contributed by atoms with van der Waals surface area (Å²) in [4.78, 5) is 4.00. The first-order chi connectivity index (χ1) is 7.34. The largest absolute Gasteiger partial charge is 0.382 e. The number of rotatable bonds is 7. The van der Waals surface area contributed by atoms with Crippen LogP contribution in [-0.2, 0) is 4.74 Å². The fraction of sp³-hybridized carbons (Fsp3) is 0.583. The molecule has 1 aromatic heterocycles. The highest BCUT2D eigenvalue weighted by Crippen LogP contribution is 2.09. The van der Waals surface area contributed by atoms with Crippen LogP contribution in [0.2, 0.25) is 0 Å². The van der Waals surface area contributed by atoms with Crippen LogP contribution in [-0.4, -0.2) is 24.7 Å². The third-order valence-corrected chi connectivity index (χ3v) is 2.33. The molecule has 0 saturated heterocycles. The predicted octanol–water partition coefficient (Wildman–Crippen LogP) is 2.16. The minimum Gasteiger partial charge on any atom is -0.382 e. The number of pyridine rings is 1. The number of ether oxygens (including phenoxy) is 1. The van der Waals surface area contributed by atoms with Gasteiger partial charge in [-0.25, -0.2) is 0 Å². The molecular weight excluding hydrogens is 188 g/mol. The van der Waals surface area contributed by atoms with E-state index in [1.54, 1.807) is 0 Å². The highest BCUT2D eigenvalue weighted by atomic mass is 16.5. The van der Waals surface area contributed by atoms with Gasteiger partial charge in [-0.2, -0.15) is 0 Å². The molecular formula is C12H20N2O. The van der Waals surface area contributed by atoms with Crippen molar-refractivity contribution in [3.8, 4) is 0 Å². The van der Waals surface area contributed by atoms with E-state index in [1.165, 1.54) is 5.56 Å². The number of hydrogen-bond acceptors (Lipinski definition) is 3. The normalized spacial score (nSPS) is 12.7. The third kappa shape index (κ3) is 4.91. The lowest BCUT2D eigenvalue weighted by Gasteiger charge is -2.13. The Labute approximate surface area is 91.9 Å². The van der Waals surface area contributed by atoms with E-state index in [-0.39, 0.29) is 0 Å². The van der Waals surface area contributed by atoms with Crippen LogP contribution >= 0.6 is 0 Å². The number of hydrogen-bond donors (Lipinski definition) is 1. The van der Waals surface area contributed by atoms with Crippen molar-refractivity contribution >= 4 is 0 Å². The molecule has 3 nitrogen and oxygen atoms in total. The summed E-state index contributed by atoms with van der Waals surface area (Å²) in [5.74, 6) is 0. The smallest absolute Gasteiger partial charge is 0.0477 e. The van der Waals surface area contributed by atoms with E-state index in [9.17, 15) is 0 Å². The summed E-state index contributed by atoms with van der Waals surface area (Å²) in [7, 11) is 0. The monoisotopic (exact) mass is 208 g/mol. The van der Waals surface area contributed by atoms with Crippen molar-refractivity contribution in [2.75, 3.05) is 19.8 Å². The Morgan fingerprint density at radius 2 is 2.13 bits per heavy atom. The van der Waals surface area contributed by atoms with E-state index < -0.39 is 0 Å². The van der Waals surface area contributed by atoms with E-state index in [0.29, 0.717) is 6.04 Å². The summed E-state index contributed by atoms with van der Waals surface area (Å²) < 4.78 is 5.27. The van der Waals surface area contributed by atoms with Gasteiger partial charge in [0.25, 0.3) is 0 Å². The van der Waals surface area contributed by atoms with Crippen molar-refractivity contribution in [2.24, 2.45) is 0 Å². The van der Waals surface area contributed by atoms with E-state index in [4.69, 9.17) is 4.74 Å². The number of aromatic nitrogens is 1. The SMILES string of the molecule is CCOCCCNC(C)c1ccncc1. The van der Waals surface area contributed by atoms with Gasteiger partial charge >= 0.3 is 0 Å². The van der Waals surface area contributed by atoms with Crippen molar-refractivity contribution in [1.29, 1.82) is 0 Å². The third-order valence-electron chi connectivity index (χ3n) is 2.33. The van der Waals surface area contributed by atoms with Gasteiger partial charge in [0.15, 0.2) is 0 Å². The molecule has 15 heavy (non-hydrogen) atoms. The van der Waals surface area contributed by atoms with Gasteiger partial charge in [0.05, 0.1) is 0 Å². The molecule has 0 fully saturated rings. The number of nitrogens with one attached hydrogen (secondary N) is 1. The zero-order valence-corrected chi connectivity index (χ0v) is 9.57. The fourth-order valence-electron chi connectivity index (χ4n) is 1.41. The Bertz CT molecular complexity index is 251. The molecule has 1 rings (SSSR count). The first kappa shape index (κ1) is 12.1. The standard InChI is InChI=1S/C12H20N2O/c1-3-15-10-4-7-14-11(2)12-5-8-13-9-6-12/h5-6,8-9,11,14H,3-4,7,10H2,1-2H3. The topological polar surface area (TPSA) is 34.1 Å². The molecule has 1 aromatic rings. The molecule has 0 aliphatic heterocycles. The van der Waals surface area contributed by atoms with E-state index in [1.807, 2.05) is 31.5 Å². The maximum Gasteiger partial charge on any atom is 0.0477 e. The summed E-state index contributed by atoms with van der Waals surface area (Å²) in [6.07, 6.45) is 4.71. The maximum atomic E-state index is 5.27. The van der Waals surface area contributed by atoms with Crippen LogP contribution in [0, 0.1) is 0 Å². The Morgan fingerprint density at radius 1 is 1.40 bits per heavy atom. The second-order valence-corrected chi connectivity index (χ2v) is 3.51. The molecule has 1 atom stereocenters. The van der Waals surface area contributed by atoms with Crippen molar-refractivity contribution in [1.82, 2.24) is 10.3 Å². The first-order valence-electron chi connectivity index (χ1n) is 5.55. The van der Waals surface area contributed by atoms with Gasteiger partial charge < -0.3 is 10.1 Å². The maximum absolute atomic E-state index is 5.27. The number of nitrogens with zero attached hydrogens (tertiary/aromatic N) is 1. The molecule has 1 unspecified atom stereocenters. The summed E-state index contributed by atoms with van der Waals surface area (Å²) in [5.41, 5.74) is 1.28. The summed E-state index contributed by atoms with van der Waals surface area (Å²) in [5, 5.41) is 3.45. The van der Waals surface area contributed by atoms with Crippen LogP contribution in [0.1, 0.15) is 31.9 Å². The predicted molar refractivity (Wildman–Crippen MR) is 61.8 cm³/mol. The average Bonchev–Trinajstić information content (AvgIpc) is 2.30. The summed E-state index contributed by atoms with van der Waals surface area (Å²) in [6, 6.07) is 4.47. The van der Waals surface area contributed by atoms with Crippen LogP contribution in [0.4, 0.5) is 0 Å². The Balaban J connectivity index is 2.16. The van der Waals surface area contributed by atoms with Gasteiger partial charge in [-0.15, -0.1) is 0 Å². The van der Waals surface area contributed by atoms with Crippen LogP contribution in [0.25, 0.3) is 0 Å². The lowest BCUT2D eigenvalue weighted by atomic mass is 10.1. The molecule has 0 amide bonds. The molecule has 0 bridgehead atoms. The Kier molecular flexibility index (Phi) is 5.97. The first-order valence-corrected chi connectivity index (χ1v) is 5.55. The van der Waals surface area contributed by atoms with Crippen molar-refractivity contribution in [2.45, 2.75) is 26.3 Å². The average molecular weight is 208 g/mol. The Hall–Kier alpha value is -0.930. The molecule has 1 heterocycles. The van der Waals surface area contributed by atoms with Gasteiger partial charge in [0.1, 0.15) is 0 Å². The lowest BCUT2D eigenvalue weighted by Crippen LogP contribution is -2.20. The molecule has 0 aromatic carbocycles. The van der Waals surface area contributed by atoms with E-state index >= 15 is 0 Å². The molecule has 0 saturated carbocycles. The molecule has 1 N–H and O–H groups in total. The van der Waals surface area contributed by atoms with Gasteiger partial charge in [0.2, 0.25) is 0 Å². The lowest BCUT2D eigenvalue weighted by molar-refractivity contribution is 0.144. The van der Waals surface area contributed by atoms with Gasteiger partial charge in [-0.1, -0.05) is 0 Å². The summed E-state index contributed by atoms with van der Waals surface area (Å²) in [6.45, 7) is 6.82. The second-order valence-electron chi connectivity index (χ2n) is 3.51. The van der Waals surface area contributed by atoms with Crippen LogP contribution < -0.4 is 5.32 Å². The summed E-state index contributed by atoms with van der Waals surface area (Å²) >= 11 is 0. The van der Waals surface area contributed by atoms with Gasteiger partial charge in [0, 0.05) is 31.6 Å². The second kappa shape index (κ2) is 7.37. The van der Waals surface area contributed by atoms with Crippen molar-refractivity contribution in [3.05, 3.63) is 30.1 Å². The molecule has 0 aliphatic carbocycles. The minimum absolute atomic E-state index is 0.384. The highest BCUT2D eigenvalue weighted by Gasteiger charge is 2.02. The highest BCUT2D eigenvalue weighted by molar-refractivity contribution is 5.13. The van der Waals surface area contributed by atoms with Crippen LogP contribution in [0.15, 0.2) is 24.5 Å².